The van der Waals surface area contributed by atoms with Gasteiger partial charge in [0.2, 0.25) is 0 Å². The van der Waals surface area contributed by atoms with Crippen LogP contribution in [0.5, 0.6) is 0 Å². The van der Waals surface area contributed by atoms with Gasteiger partial charge in [-0.25, -0.2) is 0 Å². The van der Waals surface area contributed by atoms with Gasteiger partial charge >= 0.3 is 0 Å². The SMILES string of the molecule is CCCN(C1CCNC1)C(C)c1cccc(Cl)c1Cl. The lowest BCUT2D eigenvalue weighted by Crippen LogP contribution is -2.39. The van der Waals surface area contributed by atoms with E-state index >= 15 is 0 Å². The summed E-state index contributed by atoms with van der Waals surface area (Å²) in [7, 11) is 0. The minimum Gasteiger partial charge on any atom is -0.315 e. The molecule has 1 aliphatic heterocycles. The summed E-state index contributed by atoms with van der Waals surface area (Å²) >= 11 is 12.5. The highest BCUT2D eigenvalue weighted by Crippen LogP contribution is 2.34. The second-order valence-corrected chi connectivity index (χ2v) is 5.99. The van der Waals surface area contributed by atoms with E-state index in [2.05, 4.69) is 30.1 Å². The van der Waals surface area contributed by atoms with Crippen molar-refractivity contribution in [1.29, 1.82) is 0 Å². The molecule has 0 aliphatic carbocycles. The Morgan fingerprint density at radius 1 is 1.42 bits per heavy atom. The number of hydrogen-bond donors (Lipinski definition) is 1. The minimum atomic E-state index is 0.302. The minimum absolute atomic E-state index is 0.302. The molecule has 4 heteroatoms. The molecule has 1 aromatic carbocycles. The first-order valence-electron chi connectivity index (χ1n) is 7.05. The van der Waals surface area contributed by atoms with Gasteiger partial charge in [0.15, 0.2) is 0 Å². The maximum atomic E-state index is 6.36. The van der Waals surface area contributed by atoms with Crippen LogP contribution in [-0.2, 0) is 0 Å². The lowest BCUT2D eigenvalue weighted by atomic mass is 10.0. The average Bonchev–Trinajstić information content (AvgIpc) is 2.92. The van der Waals surface area contributed by atoms with Crippen LogP contribution in [0.1, 0.15) is 38.3 Å². The first kappa shape index (κ1) is 15.1. The van der Waals surface area contributed by atoms with Gasteiger partial charge in [0.1, 0.15) is 0 Å². The normalized spacial score (nSPS) is 21.0. The quantitative estimate of drug-likeness (QED) is 0.879. The second kappa shape index (κ2) is 6.94. The van der Waals surface area contributed by atoms with Crippen molar-refractivity contribution in [2.75, 3.05) is 19.6 Å². The van der Waals surface area contributed by atoms with Gasteiger partial charge in [-0.15, -0.1) is 0 Å². The molecule has 1 fully saturated rings. The maximum absolute atomic E-state index is 6.36. The number of nitrogens with zero attached hydrogens (tertiary/aromatic N) is 1. The Morgan fingerprint density at radius 3 is 2.84 bits per heavy atom. The summed E-state index contributed by atoms with van der Waals surface area (Å²) in [6, 6.07) is 6.82. The fourth-order valence-corrected chi connectivity index (χ4v) is 3.36. The van der Waals surface area contributed by atoms with Gasteiger partial charge in [-0.05, 0) is 44.5 Å². The van der Waals surface area contributed by atoms with E-state index < -0.39 is 0 Å². The van der Waals surface area contributed by atoms with Gasteiger partial charge in [0, 0.05) is 18.6 Å². The molecule has 1 aromatic rings. The number of rotatable bonds is 5. The van der Waals surface area contributed by atoms with Crippen molar-refractivity contribution in [3.63, 3.8) is 0 Å². The smallest absolute Gasteiger partial charge is 0.0640 e. The van der Waals surface area contributed by atoms with Crippen LogP contribution in [0.4, 0.5) is 0 Å². The summed E-state index contributed by atoms with van der Waals surface area (Å²) in [5.41, 5.74) is 1.13. The molecule has 2 nitrogen and oxygen atoms in total. The predicted octanol–water partition coefficient (Wildman–Crippen LogP) is 4.13. The topological polar surface area (TPSA) is 15.3 Å². The van der Waals surface area contributed by atoms with Crippen molar-refractivity contribution in [2.24, 2.45) is 0 Å². The highest BCUT2D eigenvalue weighted by Gasteiger charge is 2.27. The molecule has 0 spiro atoms. The van der Waals surface area contributed by atoms with Crippen LogP contribution < -0.4 is 5.32 Å². The van der Waals surface area contributed by atoms with Crippen LogP contribution in [0.15, 0.2) is 18.2 Å². The van der Waals surface area contributed by atoms with E-state index in [0.29, 0.717) is 22.1 Å². The zero-order valence-corrected chi connectivity index (χ0v) is 13.1. The summed E-state index contributed by atoms with van der Waals surface area (Å²) in [6.45, 7) is 7.73. The Labute approximate surface area is 126 Å². The van der Waals surface area contributed by atoms with Crippen LogP contribution in [0.3, 0.4) is 0 Å². The van der Waals surface area contributed by atoms with E-state index in [0.717, 1.165) is 31.6 Å². The highest BCUT2D eigenvalue weighted by atomic mass is 35.5. The van der Waals surface area contributed by atoms with Gasteiger partial charge in [0.25, 0.3) is 0 Å². The number of benzene rings is 1. The summed E-state index contributed by atoms with van der Waals surface area (Å²) in [5, 5.41) is 4.79. The molecule has 106 valence electrons. The van der Waals surface area contributed by atoms with Crippen molar-refractivity contribution < 1.29 is 0 Å². The number of halogens is 2. The molecule has 2 unspecified atom stereocenters. The third-order valence-corrected chi connectivity index (χ3v) is 4.75. The number of nitrogens with one attached hydrogen (secondary N) is 1. The Morgan fingerprint density at radius 2 is 2.21 bits per heavy atom. The molecule has 19 heavy (non-hydrogen) atoms. The zero-order valence-electron chi connectivity index (χ0n) is 11.6. The Balaban J connectivity index is 2.22. The van der Waals surface area contributed by atoms with Crippen LogP contribution in [0.2, 0.25) is 10.0 Å². The van der Waals surface area contributed by atoms with E-state index in [1.165, 1.54) is 6.42 Å². The molecular formula is C15H22Cl2N2. The van der Waals surface area contributed by atoms with Crippen LogP contribution >= 0.6 is 23.2 Å². The van der Waals surface area contributed by atoms with E-state index in [9.17, 15) is 0 Å². The van der Waals surface area contributed by atoms with Gasteiger partial charge < -0.3 is 5.32 Å². The number of hydrogen-bond acceptors (Lipinski definition) is 2. The first-order valence-corrected chi connectivity index (χ1v) is 7.81. The summed E-state index contributed by atoms with van der Waals surface area (Å²) in [4.78, 5) is 2.55. The highest BCUT2D eigenvalue weighted by molar-refractivity contribution is 6.42. The molecule has 0 aromatic heterocycles. The van der Waals surface area contributed by atoms with Crippen LogP contribution in [0.25, 0.3) is 0 Å². The fraction of sp³-hybridized carbons (Fsp3) is 0.600. The van der Waals surface area contributed by atoms with Crippen molar-refractivity contribution in [3.05, 3.63) is 33.8 Å². The molecule has 1 N–H and O–H groups in total. The average molecular weight is 301 g/mol. The summed E-state index contributed by atoms with van der Waals surface area (Å²) < 4.78 is 0. The van der Waals surface area contributed by atoms with E-state index in [1.807, 2.05) is 12.1 Å². The molecule has 0 saturated carbocycles. The van der Waals surface area contributed by atoms with E-state index in [4.69, 9.17) is 23.2 Å². The molecule has 2 rings (SSSR count). The van der Waals surface area contributed by atoms with Gasteiger partial charge in [-0.1, -0.05) is 42.3 Å². The van der Waals surface area contributed by atoms with Crippen molar-refractivity contribution in [1.82, 2.24) is 10.2 Å². The molecule has 2 atom stereocenters. The molecule has 0 bridgehead atoms. The molecule has 1 heterocycles. The molecular weight excluding hydrogens is 279 g/mol. The van der Waals surface area contributed by atoms with Gasteiger partial charge in [0.05, 0.1) is 10.0 Å². The van der Waals surface area contributed by atoms with Gasteiger partial charge in [-0.3, -0.25) is 4.90 Å². The van der Waals surface area contributed by atoms with Crippen LogP contribution in [-0.4, -0.2) is 30.6 Å². The summed E-state index contributed by atoms with van der Waals surface area (Å²) in [6.07, 6.45) is 2.36. The summed E-state index contributed by atoms with van der Waals surface area (Å²) in [5.74, 6) is 0. The molecule has 0 radical (unpaired) electrons. The van der Waals surface area contributed by atoms with Crippen molar-refractivity contribution >= 4 is 23.2 Å². The fourth-order valence-electron chi connectivity index (χ4n) is 2.89. The lowest BCUT2D eigenvalue weighted by Gasteiger charge is -2.34. The van der Waals surface area contributed by atoms with Crippen LogP contribution in [0, 0.1) is 0 Å². The van der Waals surface area contributed by atoms with Crippen molar-refractivity contribution in [2.45, 2.75) is 38.8 Å². The third-order valence-electron chi connectivity index (χ3n) is 3.91. The van der Waals surface area contributed by atoms with Crippen molar-refractivity contribution in [3.8, 4) is 0 Å². The van der Waals surface area contributed by atoms with E-state index in [1.54, 1.807) is 0 Å². The lowest BCUT2D eigenvalue weighted by molar-refractivity contribution is 0.153. The first-order chi connectivity index (χ1) is 9.15. The largest absolute Gasteiger partial charge is 0.315 e. The maximum Gasteiger partial charge on any atom is 0.0640 e. The zero-order chi connectivity index (χ0) is 13.8. The Hall–Kier alpha value is -0.280. The Kier molecular flexibility index (Phi) is 5.52. The monoisotopic (exact) mass is 300 g/mol. The molecule has 0 amide bonds. The third kappa shape index (κ3) is 3.43. The standard InChI is InChI=1S/C15H22Cl2N2/c1-3-9-19(12-7-8-18-10-12)11(2)13-5-4-6-14(16)15(13)17/h4-6,11-12,18H,3,7-10H2,1-2H3. The Bertz CT molecular complexity index is 417. The van der Waals surface area contributed by atoms with E-state index in [-0.39, 0.29) is 0 Å². The molecule has 1 saturated heterocycles. The predicted molar refractivity (Wildman–Crippen MR) is 83.1 cm³/mol. The van der Waals surface area contributed by atoms with Gasteiger partial charge in [-0.2, -0.15) is 0 Å². The molecule has 1 aliphatic rings. The second-order valence-electron chi connectivity index (χ2n) is 5.20.